The highest BCUT2D eigenvalue weighted by molar-refractivity contribution is 5.91. The number of nitrogens with two attached hydrogens (primary N) is 1. The number of nitrogen functional groups attached to an aromatic ring is 1. The van der Waals surface area contributed by atoms with E-state index in [2.05, 4.69) is 9.97 Å². The molecule has 0 aliphatic carbocycles. The van der Waals surface area contributed by atoms with Crippen molar-refractivity contribution in [1.82, 2.24) is 9.97 Å². The van der Waals surface area contributed by atoms with E-state index < -0.39 is 5.97 Å². The predicted octanol–water partition coefficient (Wildman–Crippen LogP) is 1.22. The monoisotopic (exact) mass is 203 g/mol. The number of aromatic nitrogens is 2. The van der Waals surface area contributed by atoms with Gasteiger partial charge in [0, 0.05) is 6.20 Å². The summed E-state index contributed by atoms with van der Waals surface area (Å²) in [6.45, 7) is 1.83. The number of pyridine rings is 2. The number of nitrogens with zero attached hydrogens (tertiary/aromatic N) is 2. The maximum absolute atomic E-state index is 10.7. The minimum Gasteiger partial charge on any atom is -0.478 e. The molecule has 0 saturated carbocycles. The summed E-state index contributed by atoms with van der Waals surface area (Å²) in [6.07, 6.45) is 1.31. The Balaban J connectivity index is 2.72. The van der Waals surface area contributed by atoms with Crippen LogP contribution in [0, 0.1) is 6.92 Å². The van der Waals surface area contributed by atoms with Gasteiger partial charge in [0.2, 0.25) is 0 Å². The van der Waals surface area contributed by atoms with Crippen molar-refractivity contribution in [3.63, 3.8) is 0 Å². The van der Waals surface area contributed by atoms with E-state index >= 15 is 0 Å². The highest BCUT2D eigenvalue weighted by Gasteiger charge is 2.06. The van der Waals surface area contributed by atoms with Gasteiger partial charge >= 0.3 is 5.97 Å². The molecule has 2 aromatic heterocycles. The van der Waals surface area contributed by atoms with E-state index in [1.807, 2.05) is 6.92 Å². The molecule has 0 radical (unpaired) electrons. The molecule has 0 spiro atoms. The number of aryl methyl sites for hydroxylation is 1. The molecule has 0 atom stereocenters. The maximum atomic E-state index is 10.7. The van der Waals surface area contributed by atoms with Crippen molar-refractivity contribution in [2.24, 2.45) is 0 Å². The Hall–Kier alpha value is -2.17. The van der Waals surface area contributed by atoms with Crippen molar-refractivity contribution >= 4 is 22.8 Å². The number of carbonyl (C=O) groups is 1. The average molecular weight is 203 g/mol. The first-order chi connectivity index (χ1) is 7.08. The van der Waals surface area contributed by atoms with E-state index in [4.69, 9.17) is 10.8 Å². The molecular weight excluding hydrogens is 194 g/mol. The Morgan fingerprint density at radius 3 is 2.80 bits per heavy atom. The second kappa shape index (κ2) is 3.20. The predicted molar refractivity (Wildman–Crippen MR) is 55.6 cm³/mol. The van der Waals surface area contributed by atoms with Crippen LogP contribution in [0.5, 0.6) is 0 Å². The molecule has 3 N–H and O–H groups in total. The topological polar surface area (TPSA) is 89.1 Å². The van der Waals surface area contributed by atoms with Gasteiger partial charge in [-0.25, -0.2) is 9.78 Å². The van der Waals surface area contributed by atoms with Gasteiger partial charge in [-0.2, -0.15) is 0 Å². The first-order valence-corrected chi connectivity index (χ1v) is 4.34. The fourth-order valence-electron chi connectivity index (χ4n) is 1.28. The number of hydrogen-bond acceptors (Lipinski definition) is 4. The summed E-state index contributed by atoms with van der Waals surface area (Å²) in [5.74, 6) is -0.628. The Kier molecular flexibility index (Phi) is 2.00. The van der Waals surface area contributed by atoms with Crippen LogP contribution in [0.2, 0.25) is 0 Å². The number of aromatic carboxylic acids is 1. The molecular formula is C10H9N3O2. The molecule has 0 unspecified atom stereocenters. The van der Waals surface area contributed by atoms with E-state index in [9.17, 15) is 4.79 Å². The normalized spacial score (nSPS) is 10.5. The lowest BCUT2D eigenvalue weighted by atomic mass is 10.2. The second-order valence-electron chi connectivity index (χ2n) is 3.26. The zero-order chi connectivity index (χ0) is 11.0. The molecule has 0 bridgehead atoms. The van der Waals surface area contributed by atoms with Crippen molar-refractivity contribution in [2.45, 2.75) is 6.92 Å². The van der Waals surface area contributed by atoms with Crippen molar-refractivity contribution < 1.29 is 9.90 Å². The van der Waals surface area contributed by atoms with Crippen LogP contribution in [-0.4, -0.2) is 21.0 Å². The van der Waals surface area contributed by atoms with Gasteiger partial charge < -0.3 is 10.8 Å². The van der Waals surface area contributed by atoms with Gasteiger partial charge in [-0.1, -0.05) is 0 Å². The lowest BCUT2D eigenvalue weighted by Gasteiger charge is -2.02. The van der Waals surface area contributed by atoms with Gasteiger partial charge in [0.05, 0.1) is 16.6 Å². The smallest absolute Gasteiger partial charge is 0.337 e. The highest BCUT2D eigenvalue weighted by atomic mass is 16.4. The van der Waals surface area contributed by atoms with E-state index in [-0.39, 0.29) is 5.56 Å². The van der Waals surface area contributed by atoms with E-state index in [0.29, 0.717) is 16.9 Å². The van der Waals surface area contributed by atoms with E-state index in [0.717, 1.165) is 5.56 Å². The van der Waals surface area contributed by atoms with Crippen molar-refractivity contribution in [1.29, 1.82) is 0 Å². The zero-order valence-corrected chi connectivity index (χ0v) is 8.06. The Bertz CT molecular complexity index is 552. The summed E-state index contributed by atoms with van der Waals surface area (Å²) >= 11 is 0. The summed E-state index contributed by atoms with van der Waals surface area (Å²) in [7, 11) is 0. The molecule has 0 aliphatic heterocycles. The van der Waals surface area contributed by atoms with Gasteiger partial charge in [0.15, 0.2) is 0 Å². The molecule has 0 aromatic carbocycles. The van der Waals surface area contributed by atoms with Gasteiger partial charge in [0.25, 0.3) is 0 Å². The minimum atomic E-state index is -1.02. The van der Waals surface area contributed by atoms with Crippen LogP contribution in [0.4, 0.5) is 5.82 Å². The fraction of sp³-hybridized carbons (Fsp3) is 0.100. The minimum absolute atomic E-state index is 0.109. The fourth-order valence-corrected chi connectivity index (χ4v) is 1.28. The Morgan fingerprint density at radius 2 is 2.13 bits per heavy atom. The second-order valence-corrected chi connectivity index (χ2v) is 3.26. The molecule has 76 valence electrons. The number of anilines is 1. The largest absolute Gasteiger partial charge is 0.478 e. The standard InChI is InChI=1S/C10H9N3O2/c1-5-2-7-8(13-9(5)11)3-6(4-12-7)10(14)15/h2-4H,1H3,(H2,11,13)(H,14,15). The lowest BCUT2D eigenvalue weighted by molar-refractivity contribution is 0.0696. The van der Waals surface area contributed by atoms with Crippen LogP contribution in [0.15, 0.2) is 18.3 Å². The SMILES string of the molecule is Cc1cc2ncc(C(=O)O)cc2nc1N. The highest BCUT2D eigenvalue weighted by Crippen LogP contribution is 2.16. The van der Waals surface area contributed by atoms with Crippen LogP contribution in [0.25, 0.3) is 11.0 Å². The molecule has 0 saturated heterocycles. The maximum Gasteiger partial charge on any atom is 0.337 e. The Morgan fingerprint density at radius 1 is 1.40 bits per heavy atom. The van der Waals surface area contributed by atoms with Crippen LogP contribution in [-0.2, 0) is 0 Å². The third kappa shape index (κ3) is 1.59. The van der Waals surface area contributed by atoms with Crippen LogP contribution >= 0.6 is 0 Å². The summed E-state index contributed by atoms with van der Waals surface area (Å²) in [5, 5.41) is 8.77. The summed E-state index contributed by atoms with van der Waals surface area (Å²) in [4.78, 5) is 18.8. The summed E-state index contributed by atoms with van der Waals surface area (Å²) in [6, 6.07) is 3.24. The van der Waals surface area contributed by atoms with E-state index in [1.165, 1.54) is 12.3 Å². The average Bonchev–Trinajstić information content (AvgIpc) is 2.19. The molecule has 2 aromatic rings. The molecule has 2 heterocycles. The van der Waals surface area contributed by atoms with Gasteiger partial charge in [-0.3, -0.25) is 4.98 Å². The number of rotatable bonds is 1. The molecule has 0 aliphatic rings. The van der Waals surface area contributed by atoms with Crippen molar-refractivity contribution in [2.75, 3.05) is 5.73 Å². The zero-order valence-electron chi connectivity index (χ0n) is 8.06. The molecule has 0 fully saturated rings. The quantitative estimate of drug-likeness (QED) is 0.727. The van der Waals surface area contributed by atoms with Gasteiger partial charge in [0.1, 0.15) is 5.82 Å². The molecule has 5 nitrogen and oxygen atoms in total. The first kappa shape index (κ1) is 9.39. The lowest BCUT2D eigenvalue weighted by Crippen LogP contribution is -2.00. The van der Waals surface area contributed by atoms with Crippen LogP contribution in [0.1, 0.15) is 15.9 Å². The molecule has 2 rings (SSSR count). The third-order valence-electron chi connectivity index (χ3n) is 2.14. The van der Waals surface area contributed by atoms with Crippen molar-refractivity contribution in [3.8, 4) is 0 Å². The van der Waals surface area contributed by atoms with Crippen LogP contribution in [0.3, 0.4) is 0 Å². The van der Waals surface area contributed by atoms with Crippen LogP contribution < -0.4 is 5.73 Å². The molecule has 15 heavy (non-hydrogen) atoms. The van der Waals surface area contributed by atoms with Gasteiger partial charge in [-0.05, 0) is 24.6 Å². The summed E-state index contributed by atoms with van der Waals surface area (Å²) in [5.41, 5.74) is 7.71. The third-order valence-corrected chi connectivity index (χ3v) is 2.14. The first-order valence-electron chi connectivity index (χ1n) is 4.34. The van der Waals surface area contributed by atoms with Crippen molar-refractivity contribution in [3.05, 3.63) is 29.5 Å². The summed E-state index contributed by atoms with van der Waals surface area (Å²) < 4.78 is 0. The number of hydrogen-bond donors (Lipinski definition) is 2. The number of carboxylic acids is 1. The molecule has 0 amide bonds. The number of carboxylic acid groups (broad SMARTS) is 1. The van der Waals surface area contributed by atoms with Gasteiger partial charge in [-0.15, -0.1) is 0 Å². The number of fused-ring (bicyclic) bond motifs is 1. The van der Waals surface area contributed by atoms with E-state index in [1.54, 1.807) is 6.07 Å². The molecule has 5 heteroatoms. The Labute approximate surface area is 85.6 Å².